The predicted octanol–water partition coefficient (Wildman–Crippen LogP) is 2.06. The van der Waals surface area contributed by atoms with E-state index in [0.717, 1.165) is 30.9 Å². The summed E-state index contributed by atoms with van der Waals surface area (Å²) in [6.45, 7) is 4.73. The lowest BCUT2D eigenvalue weighted by Gasteiger charge is -2.13. The summed E-state index contributed by atoms with van der Waals surface area (Å²) in [5.74, 6) is 2.51. The highest BCUT2D eigenvalue weighted by Gasteiger charge is 2.19. The van der Waals surface area contributed by atoms with Gasteiger partial charge in [-0.15, -0.1) is 0 Å². The van der Waals surface area contributed by atoms with Gasteiger partial charge in [-0.25, -0.2) is 4.98 Å². The SMILES string of the molecule is CCc1noc(Cn2c(C)nc3c2CCCC3)n1. The van der Waals surface area contributed by atoms with Crippen LogP contribution in [0.5, 0.6) is 0 Å². The van der Waals surface area contributed by atoms with E-state index in [1.54, 1.807) is 0 Å². The normalized spacial score (nSPS) is 14.8. The number of aryl methyl sites for hydroxylation is 3. The maximum atomic E-state index is 5.27. The van der Waals surface area contributed by atoms with Crippen molar-refractivity contribution in [3.05, 3.63) is 28.9 Å². The van der Waals surface area contributed by atoms with Crippen molar-refractivity contribution in [1.82, 2.24) is 19.7 Å². The van der Waals surface area contributed by atoms with Crippen LogP contribution in [0.15, 0.2) is 4.52 Å². The Balaban J connectivity index is 1.90. The molecule has 1 aliphatic carbocycles. The molecule has 0 saturated heterocycles. The Hall–Kier alpha value is -1.65. The summed E-state index contributed by atoms with van der Waals surface area (Å²) in [6.07, 6.45) is 5.54. The first kappa shape index (κ1) is 11.4. The van der Waals surface area contributed by atoms with Gasteiger partial charge in [0.25, 0.3) is 0 Å². The van der Waals surface area contributed by atoms with E-state index in [4.69, 9.17) is 4.52 Å². The standard InChI is InChI=1S/C13H18N4O/c1-3-12-15-13(18-16-12)8-17-9(2)14-10-6-4-5-7-11(10)17/h3-8H2,1-2H3. The summed E-state index contributed by atoms with van der Waals surface area (Å²) < 4.78 is 7.49. The van der Waals surface area contributed by atoms with Crippen LogP contribution in [0.3, 0.4) is 0 Å². The Morgan fingerprint density at radius 1 is 1.22 bits per heavy atom. The molecular formula is C13H18N4O. The van der Waals surface area contributed by atoms with Gasteiger partial charge in [0.15, 0.2) is 5.82 Å². The molecule has 0 spiro atoms. The molecule has 0 saturated carbocycles. The monoisotopic (exact) mass is 246 g/mol. The van der Waals surface area contributed by atoms with Crippen molar-refractivity contribution in [3.8, 4) is 0 Å². The molecule has 0 amide bonds. The van der Waals surface area contributed by atoms with Gasteiger partial charge in [0.05, 0.1) is 5.69 Å². The average molecular weight is 246 g/mol. The zero-order chi connectivity index (χ0) is 12.5. The highest BCUT2D eigenvalue weighted by molar-refractivity contribution is 5.20. The fraction of sp³-hybridized carbons (Fsp3) is 0.615. The number of aromatic nitrogens is 4. The topological polar surface area (TPSA) is 56.7 Å². The molecule has 0 radical (unpaired) electrons. The molecule has 18 heavy (non-hydrogen) atoms. The lowest BCUT2D eigenvalue weighted by atomic mass is 10.0. The van der Waals surface area contributed by atoms with E-state index in [1.165, 1.54) is 24.2 Å². The maximum absolute atomic E-state index is 5.27. The average Bonchev–Trinajstić information content (AvgIpc) is 2.96. The molecule has 0 fully saturated rings. The quantitative estimate of drug-likeness (QED) is 0.831. The van der Waals surface area contributed by atoms with Gasteiger partial charge in [0.1, 0.15) is 12.4 Å². The molecule has 0 N–H and O–H groups in total. The number of fused-ring (bicyclic) bond motifs is 1. The Labute approximate surface area is 106 Å². The molecule has 0 atom stereocenters. The minimum atomic E-state index is 0.654. The van der Waals surface area contributed by atoms with Gasteiger partial charge in [-0.2, -0.15) is 4.98 Å². The molecule has 0 aliphatic heterocycles. The first-order valence-corrected chi connectivity index (χ1v) is 6.64. The van der Waals surface area contributed by atoms with Crippen LogP contribution in [0, 0.1) is 6.92 Å². The molecular weight excluding hydrogens is 228 g/mol. The van der Waals surface area contributed by atoms with E-state index < -0.39 is 0 Å². The summed E-state index contributed by atoms with van der Waals surface area (Å²) in [5, 5.41) is 3.94. The van der Waals surface area contributed by atoms with Crippen molar-refractivity contribution < 1.29 is 4.52 Å². The van der Waals surface area contributed by atoms with Crippen molar-refractivity contribution in [3.63, 3.8) is 0 Å². The lowest BCUT2D eigenvalue weighted by Crippen LogP contribution is -2.10. The number of hydrogen-bond acceptors (Lipinski definition) is 4. The third-order valence-electron chi connectivity index (χ3n) is 3.54. The lowest BCUT2D eigenvalue weighted by molar-refractivity contribution is 0.363. The van der Waals surface area contributed by atoms with Gasteiger partial charge < -0.3 is 9.09 Å². The van der Waals surface area contributed by atoms with Gasteiger partial charge in [-0.05, 0) is 32.6 Å². The molecule has 3 rings (SSSR count). The number of rotatable bonds is 3. The molecule has 0 unspecified atom stereocenters. The summed E-state index contributed by atoms with van der Waals surface area (Å²) >= 11 is 0. The number of nitrogens with zero attached hydrogens (tertiary/aromatic N) is 4. The van der Waals surface area contributed by atoms with Crippen LogP contribution < -0.4 is 0 Å². The first-order chi connectivity index (χ1) is 8.78. The fourth-order valence-electron chi connectivity index (χ4n) is 2.58. The maximum Gasteiger partial charge on any atom is 0.246 e. The van der Waals surface area contributed by atoms with Crippen LogP contribution in [0.25, 0.3) is 0 Å². The highest BCUT2D eigenvalue weighted by Crippen LogP contribution is 2.22. The molecule has 1 aliphatic rings. The van der Waals surface area contributed by atoms with E-state index in [2.05, 4.69) is 26.6 Å². The van der Waals surface area contributed by atoms with Crippen LogP contribution in [0.2, 0.25) is 0 Å². The Morgan fingerprint density at radius 3 is 2.83 bits per heavy atom. The molecule has 2 heterocycles. The molecule has 2 aromatic rings. The zero-order valence-corrected chi connectivity index (χ0v) is 10.9. The van der Waals surface area contributed by atoms with Gasteiger partial charge in [0.2, 0.25) is 5.89 Å². The molecule has 5 nitrogen and oxygen atoms in total. The van der Waals surface area contributed by atoms with Crippen molar-refractivity contribution in [1.29, 1.82) is 0 Å². The first-order valence-electron chi connectivity index (χ1n) is 6.64. The van der Waals surface area contributed by atoms with Gasteiger partial charge in [0, 0.05) is 12.1 Å². The smallest absolute Gasteiger partial charge is 0.246 e. The minimum Gasteiger partial charge on any atom is -0.337 e. The number of imidazole rings is 1. The van der Waals surface area contributed by atoms with E-state index in [1.807, 2.05) is 6.92 Å². The van der Waals surface area contributed by atoms with Crippen LogP contribution in [-0.4, -0.2) is 19.7 Å². The highest BCUT2D eigenvalue weighted by atomic mass is 16.5. The molecule has 2 aromatic heterocycles. The molecule has 0 bridgehead atoms. The Bertz CT molecular complexity index is 555. The molecule has 96 valence electrons. The summed E-state index contributed by atoms with van der Waals surface area (Å²) in [4.78, 5) is 9.01. The van der Waals surface area contributed by atoms with Crippen molar-refractivity contribution in [2.75, 3.05) is 0 Å². The minimum absolute atomic E-state index is 0.654. The van der Waals surface area contributed by atoms with E-state index in [-0.39, 0.29) is 0 Å². The summed E-state index contributed by atoms with van der Waals surface area (Å²) in [5.41, 5.74) is 2.61. The van der Waals surface area contributed by atoms with Gasteiger partial charge >= 0.3 is 0 Å². The van der Waals surface area contributed by atoms with Crippen LogP contribution >= 0.6 is 0 Å². The molecule has 0 aromatic carbocycles. The number of hydrogen-bond donors (Lipinski definition) is 0. The fourth-order valence-corrected chi connectivity index (χ4v) is 2.58. The predicted molar refractivity (Wildman–Crippen MR) is 66.4 cm³/mol. The second kappa shape index (κ2) is 4.55. The Morgan fingerprint density at radius 2 is 2.06 bits per heavy atom. The van der Waals surface area contributed by atoms with Crippen molar-refractivity contribution in [2.45, 2.75) is 52.5 Å². The Kier molecular flexibility index (Phi) is 2.89. The van der Waals surface area contributed by atoms with Crippen LogP contribution in [0.4, 0.5) is 0 Å². The van der Waals surface area contributed by atoms with Gasteiger partial charge in [-0.1, -0.05) is 12.1 Å². The third-order valence-corrected chi connectivity index (χ3v) is 3.54. The largest absolute Gasteiger partial charge is 0.337 e. The second-order valence-electron chi connectivity index (χ2n) is 4.80. The van der Waals surface area contributed by atoms with Crippen LogP contribution in [-0.2, 0) is 25.8 Å². The summed E-state index contributed by atoms with van der Waals surface area (Å²) in [6, 6.07) is 0. The van der Waals surface area contributed by atoms with Gasteiger partial charge in [-0.3, -0.25) is 0 Å². The van der Waals surface area contributed by atoms with E-state index in [0.29, 0.717) is 12.4 Å². The van der Waals surface area contributed by atoms with E-state index in [9.17, 15) is 0 Å². The third kappa shape index (κ3) is 1.94. The van der Waals surface area contributed by atoms with Crippen molar-refractivity contribution in [2.24, 2.45) is 0 Å². The summed E-state index contributed by atoms with van der Waals surface area (Å²) in [7, 11) is 0. The van der Waals surface area contributed by atoms with Crippen molar-refractivity contribution >= 4 is 0 Å². The second-order valence-corrected chi connectivity index (χ2v) is 4.80. The molecule has 5 heteroatoms. The zero-order valence-electron chi connectivity index (χ0n) is 10.9. The van der Waals surface area contributed by atoms with Crippen LogP contribution in [0.1, 0.15) is 48.7 Å². The van der Waals surface area contributed by atoms with E-state index >= 15 is 0 Å².